The number of rotatable bonds is 5. The Balaban J connectivity index is 2.65. The van der Waals surface area contributed by atoms with Gasteiger partial charge < -0.3 is 0 Å². The molecule has 0 bridgehead atoms. The van der Waals surface area contributed by atoms with Crippen molar-refractivity contribution in [1.29, 1.82) is 0 Å². The van der Waals surface area contributed by atoms with E-state index in [1.807, 2.05) is 6.08 Å². The van der Waals surface area contributed by atoms with E-state index in [0.717, 1.165) is 0 Å². The van der Waals surface area contributed by atoms with Gasteiger partial charge in [-0.15, -0.1) is 0 Å². The summed E-state index contributed by atoms with van der Waals surface area (Å²) in [5, 5.41) is 20.6. The number of nitro groups is 2. The predicted molar refractivity (Wildman–Crippen MR) is 49.1 cm³/mol. The maximum Gasteiger partial charge on any atom is 0.217 e. The fourth-order valence-corrected chi connectivity index (χ4v) is 1.41. The molecular formula is C8H10N2O4. The maximum absolute atomic E-state index is 10.3. The molecule has 0 aromatic heterocycles. The third-order valence-electron chi connectivity index (χ3n) is 2.01. The van der Waals surface area contributed by atoms with Crippen LogP contribution in [0.15, 0.2) is 23.8 Å². The van der Waals surface area contributed by atoms with Gasteiger partial charge in [0.25, 0.3) is 0 Å². The lowest BCUT2D eigenvalue weighted by Crippen LogP contribution is -2.23. The summed E-state index contributed by atoms with van der Waals surface area (Å²) < 4.78 is 0. The van der Waals surface area contributed by atoms with Gasteiger partial charge in [0.2, 0.25) is 13.1 Å². The molecule has 76 valence electrons. The normalized spacial score (nSPS) is 14.5. The number of hydrogen-bond donors (Lipinski definition) is 0. The standard InChI is InChI=1S/C8H10N2O4/c11-9(12)5-8(6-10(13)14)7-3-1-2-4-7/h1,3-4,8H,2,5-6H2. The molecule has 0 atom stereocenters. The Morgan fingerprint density at radius 1 is 1.29 bits per heavy atom. The molecule has 0 N–H and O–H groups in total. The van der Waals surface area contributed by atoms with E-state index in [0.29, 0.717) is 12.0 Å². The van der Waals surface area contributed by atoms with Crippen LogP contribution in [0.1, 0.15) is 6.42 Å². The Morgan fingerprint density at radius 2 is 1.86 bits per heavy atom. The van der Waals surface area contributed by atoms with Crippen LogP contribution >= 0.6 is 0 Å². The van der Waals surface area contributed by atoms with Gasteiger partial charge in [-0.2, -0.15) is 0 Å². The van der Waals surface area contributed by atoms with E-state index >= 15 is 0 Å². The summed E-state index contributed by atoms with van der Waals surface area (Å²) >= 11 is 0. The minimum absolute atomic E-state index is 0.378. The van der Waals surface area contributed by atoms with E-state index in [-0.39, 0.29) is 13.1 Å². The number of nitrogens with zero attached hydrogens (tertiary/aromatic N) is 2. The first-order chi connectivity index (χ1) is 6.59. The van der Waals surface area contributed by atoms with Crippen LogP contribution in [0.2, 0.25) is 0 Å². The van der Waals surface area contributed by atoms with Crippen LogP contribution < -0.4 is 0 Å². The second kappa shape index (κ2) is 4.50. The minimum atomic E-state index is -0.598. The molecule has 0 spiro atoms. The van der Waals surface area contributed by atoms with Gasteiger partial charge in [-0.05, 0) is 12.0 Å². The molecule has 0 radical (unpaired) electrons. The van der Waals surface area contributed by atoms with Crippen molar-refractivity contribution >= 4 is 0 Å². The first-order valence-corrected chi connectivity index (χ1v) is 4.20. The highest BCUT2D eigenvalue weighted by Gasteiger charge is 2.24. The molecule has 0 aliphatic heterocycles. The van der Waals surface area contributed by atoms with E-state index in [9.17, 15) is 20.2 Å². The zero-order valence-electron chi connectivity index (χ0n) is 7.46. The molecule has 0 aromatic rings. The van der Waals surface area contributed by atoms with E-state index in [1.54, 1.807) is 12.2 Å². The monoisotopic (exact) mass is 198 g/mol. The van der Waals surface area contributed by atoms with Gasteiger partial charge in [0, 0.05) is 9.85 Å². The fraction of sp³-hybridized carbons (Fsp3) is 0.500. The second-order valence-corrected chi connectivity index (χ2v) is 3.07. The average Bonchev–Trinajstić information content (AvgIpc) is 2.52. The summed E-state index contributed by atoms with van der Waals surface area (Å²) in [5.41, 5.74) is 0.707. The van der Waals surface area contributed by atoms with Crippen LogP contribution in [0.25, 0.3) is 0 Å². The molecule has 0 saturated heterocycles. The zero-order chi connectivity index (χ0) is 10.6. The van der Waals surface area contributed by atoms with Crippen molar-refractivity contribution in [2.75, 3.05) is 13.1 Å². The molecule has 14 heavy (non-hydrogen) atoms. The molecule has 0 amide bonds. The van der Waals surface area contributed by atoms with Crippen LogP contribution in [-0.2, 0) is 0 Å². The smallest absolute Gasteiger partial charge is 0.217 e. The lowest BCUT2D eigenvalue weighted by molar-refractivity contribution is -0.520. The Bertz CT molecular complexity index is 292. The van der Waals surface area contributed by atoms with Gasteiger partial charge in [-0.25, -0.2) is 0 Å². The Hall–Kier alpha value is -1.72. The fourth-order valence-electron chi connectivity index (χ4n) is 1.41. The highest BCUT2D eigenvalue weighted by molar-refractivity contribution is 5.28. The summed E-state index contributed by atoms with van der Waals surface area (Å²) in [6.07, 6.45) is 6.05. The summed E-state index contributed by atoms with van der Waals surface area (Å²) in [7, 11) is 0. The molecule has 0 fully saturated rings. The summed E-state index contributed by atoms with van der Waals surface area (Å²) in [5.74, 6) is -0.598. The first kappa shape index (κ1) is 10.4. The van der Waals surface area contributed by atoms with Gasteiger partial charge in [0.1, 0.15) is 5.92 Å². The molecule has 1 aliphatic rings. The van der Waals surface area contributed by atoms with Crippen LogP contribution in [0.3, 0.4) is 0 Å². The van der Waals surface area contributed by atoms with Crippen LogP contribution in [0, 0.1) is 26.1 Å². The molecule has 6 heteroatoms. The van der Waals surface area contributed by atoms with Crippen LogP contribution in [-0.4, -0.2) is 22.9 Å². The first-order valence-electron chi connectivity index (χ1n) is 4.20. The minimum Gasteiger partial charge on any atom is -0.265 e. The van der Waals surface area contributed by atoms with Gasteiger partial charge in [0.15, 0.2) is 0 Å². The molecule has 0 heterocycles. The molecule has 1 aliphatic carbocycles. The van der Waals surface area contributed by atoms with Gasteiger partial charge in [-0.3, -0.25) is 20.2 Å². The second-order valence-electron chi connectivity index (χ2n) is 3.07. The molecule has 0 saturated carbocycles. The summed E-state index contributed by atoms with van der Waals surface area (Å²) in [4.78, 5) is 19.5. The molecule has 1 rings (SSSR count). The summed E-state index contributed by atoms with van der Waals surface area (Å²) in [6, 6.07) is 0. The van der Waals surface area contributed by atoms with E-state index in [1.165, 1.54) is 0 Å². The quantitative estimate of drug-likeness (QED) is 0.487. The van der Waals surface area contributed by atoms with Crippen molar-refractivity contribution in [3.63, 3.8) is 0 Å². The predicted octanol–water partition coefficient (Wildman–Crippen LogP) is 1.04. The highest BCUT2D eigenvalue weighted by Crippen LogP contribution is 2.19. The van der Waals surface area contributed by atoms with Crippen molar-refractivity contribution in [3.05, 3.63) is 44.0 Å². The largest absolute Gasteiger partial charge is 0.265 e. The van der Waals surface area contributed by atoms with E-state index in [2.05, 4.69) is 0 Å². The highest BCUT2D eigenvalue weighted by atomic mass is 16.6. The van der Waals surface area contributed by atoms with E-state index in [4.69, 9.17) is 0 Å². The number of allylic oxidation sites excluding steroid dienone is 3. The van der Waals surface area contributed by atoms with Crippen molar-refractivity contribution in [2.45, 2.75) is 6.42 Å². The maximum atomic E-state index is 10.3. The third-order valence-corrected chi connectivity index (χ3v) is 2.01. The SMILES string of the molecule is O=[N+]([O-])CC(C[N+](=O)[O-])C1=CCC=C1. The summed E-state index contributed by atoms with van der Waals surface area (Å²) in [6.45, 7) is -0.756. The van der Waals surface area contributed by atoms with Crippen LogP contribution in [0.5, 0.6) is 0 Å². The number of hydrogen-bond acceptors (Lipinski definition) is 4. The Morgan fingerprint density at radius 3 is 2.21 bits per heavy atom. The lowest BCUT2D eigenvalue weighted by atomic mass is 10.0. The lowest BCUT2D eigenvalue weighted by Gasteiger charge is -2.07. The van der Waals surface area contributed by atoms with Crippen molar-refractivity contribution in [1.82, 2.24) is 0 Å². The Kier molecular flexibility index (Phi) is 3.33. The van der Waals surface area contributed by atoms with Crippen LogP contribution in [0.4, 0.5) is 0 Å². The molecule has 6 nitrogen and oxygen atoms in total. The molecule has 0 aromatic carbocycles. The topological polar surface area (TPSA) is 86.3 Å². The van der Waals surface area contributed by atoms with Gasteiger partial charge in [0.05, 0.1) is 0 Å². The Labute approximate surface area is 80.2 Å². The molecular weight excluding hydrogens is 188 g/mol. The van der Waals surface area contributed by atoms with Crippen molar-refractivity contribution in [3.8, 4) is 0 Å². The average molecular weight is 198 g/mol. The van der Waals surface area contributed by atoms with Crippen molar-refractivity contribution < 1.29 is 9.85 Å². The zero-order valence-corrected chi connectivity index (χ0v) is 7.46. The van der Waals surface area contributed by atoms with Gasteiger partial charge >= 0.3 is 0 Å². The molecule has 0 unspecified atom stereocenters. The van der Waals surface area contributed by atoms with Crippen molar-refractivity contribution in [2.24, 2.45) is 5.92 Å². The van der Waals surface area contributed by atoms with E-state index < -0.39 is 15.8 Å². The third kappa shape index (κ3) is 2.96. The van der Waals surface area contributed by atoms with Gasteiger partial charge in [-0.1, -0.05) is 18.2 Å².